The van der Waals surface area contributed by atoms with Crippen molar-refractivity contribution in [2.75, 3.05) is 6.61 Å². The minimum absolute atomic E-state index is 0.218. The molecule has 0 aromatic heterocycles. The lowest BCUT2D eigenvalue weighted by Crippen LogP contribution is -2.41. The monoisotopic (exact) mass is 390 g/mol. The van der Waals surface area contributed by atoms with Crippen LogP contribution in [-0.2, 0) is 9.31 Å². The first-order valence-corrected chi connectivity index (χ1v) is 10.2. The van der Waals surface area contributed by atoms with Crippen LogP contribution in [0.3, 0.4) is 0 Å². The minimum atomic E-state index is -1.04. The molecule has 1 aromatic carbocycles. The normalized spacial score (nSPS) is 24.0. The van der Waals surface area contributed by atoms with E-state index in [1.807, 2.05) is 52.0 Å². The van der Waals surface area contributed by atoms with Crippen molar-refractivity contribution >= 4 is 12.7 Å². The summed E-state index contributed by atoms with van der Waals surface area (Å²) >= 11 is 0. The van der Waals surface area contributed by atoms with Crippen molar-refractivity contribution in [2.45, 2.75) is 83.5 Å². The number of halogens is 1. The molecule has 1 saturated heterocycles. The van der Waals surface area contributed by atoms with Gasteiger partial charge in [-0.25, -0.2) is 4.39 Å². The van der Waals surface area contributed by atoms with Crippen molar-refractivity contribution in [3.8, 4) is 5.75 Å². The summed E-state index contributed by atoms with van der Waals surface area (Å²) in [6, 6.07) is 7.32. The summed E-state index contributed by atoms with van der Waals surface area (Å²) in [5.41, 5.74) is -1.39. The molecule has 1 aliphatic heterocycles. The van der Waals surface area contributed by atoms with Gasteiger partial charge in [0.1, 0.15) is 18.1 Å². The van der Waals surface area contributed by atoms with Crippen LogP contribution in [0.2, 0.25) is 0 Å². The number of allylic oxidation sites excluding steroid dienone is 1. The molecule has 0 bridgehead atoms. The van der Waals surface area contributed by atoms with Crippen LogP contribution in [0.15, 0.2) is 30.0 Å². The molecule has 1 aliphatic carbocycles. The van der Waals surface area contributed by atoms with E-state index in [2.05, 4.69) is 0 Å². The Balaban J connectivity index is 1.80. The van der Waals surface area contributed by atoms with Crippen molar-refractivity contribution in [1.29, 1.82) is 0 Å². The van der Waals surface area contributed by atoms with Gasteiger partial charge in [-0.05, 0) is 59.1 Å². The van der Waals surface area contributed by atoms with Gasteiger partial charge in [0.05, 0.1) is 16.8 Å². The molecule has 0 unspecified atom stereocenters. The lowest BCUT2D eigenvalue weighted by molar-refractivity contribution is -0.0339. The molecule has 1 N–H and O–H groups in total. The fourth-order valence-electron chi connectivity index (χ4n) is 3.72. The summed E-state index contributed by atoms with van der Waals surface area (Å²) in [6.07, 6.45) is 4.66. The van der Waals surface area contributed by atoms with E-state index in [4.69, 9.17) is 14.0 Å². The molecule has 0 atom stereocenters. The number of ether oxygens (including phenoxy) is 1. The molecule has 2 aliphatic rings. The third-order valence-electron chi connectivity index (χ3n) is 6.39. The van der Waals surface area contributed by atoms with E-state index in [0.717, 1.165) is 32.1 Å². The van der Waals surface area contributed by atoms with Gasteiger partial charge in [-0.2, -0.15) is 0 Å². The second-order valence-electron chi connectivity index (χ2n) is 9.13. The highest BCUT2D eigenvalue weighted by Gasteiger charge is 2.53. The third-order valence-corrected chi connectivity index (χ3v) is 6.39. The topological polar surface area (TPSA) is 47.9 Å². The number of para-hydroxylation sites is 1. The highest BCUT2D eigenvalue weighted by Crippen LogP contribution is 2.41. The number of aliphatic hydroxyl groups is 1. The summed E-state index contributed by atoms with van der Waals surface area (Å²) in [4.78, 5) is 0. The molecule has 1 saturated carbocycles. The Morgan fingerprint density at radius 3 is 2.25 bits per heavy atom. The predicted octanol–water partition coefficient (Wildman–Crippen LogP) is 5.09. The molecule has 0 amide bonds. The van der Waals surface area contributed by atoms with Gasteiger partial charge in [0, 0.05) is 5.56 Å². The zero-order chi connectivity index (χ0) is 20.6. The fraction of sp³-hybridized carbons (Fsp3) is 0.636. The summed E-state index contributed by atoms with van der Waals surface area (Å²) in [6.45, 7) is 9.53. The van der Waals surface area contributed by atoms with E-state index < -0.39 is 29.6 Å². The Bertz CT molecular complexity index is 722. The molecule has 6 heteroatoms. The van der Waals surface area contributed by atoms with Gasteiger partial charge in [0.15, 0.2) is 0 Å². The van der Waals surface area contributed by atoms with Crippen LogP contribution >= 0.6 is 0 Å². The van der Waals surface area contributed by atoms with Crippen molar-refractivity contribution in [2.24, 2.45) is 0 Å². The first-order chi connectivity index (χ1) is 13.0. The summed E-state index contributed by atoms with van der Waals surface area (Å²) in [7, 11) is -1.04. The second kappa shape index (κ2) is 7.81. The number of rotatable bonds is 5. The second-order valence-corrected chi connectivity index (χ2v) is 9.13. The summed E-state index contributed by atoms with van der Waals surface area (Å²) in [5, 5.41) is 10.7. The molecule has 1 aromatic rings. The van der Waals surface area contributed by atoms with Crippen molar-refractivity contribution in [3.63, 3.8) is 0 Å². The highest BCUT2D eigenvalue weighted by atomic mass is 19.1. The van der Waals surface area contributed by atoms with Gasteiger partial charge in [-0.15, -0.1) is 0 Å². The zero-order valence-corrected chi connectivity index (χ0v) is 17.7. The van der Waals surface area contributed by atoms with E-state index in [9.17, 15) is 5.11 Å². The van der Waals surface area contributed by atoms with Crippen molar-refractivity contribution < 1.29 is 23.5 Å². The quantitative estimate of drug-likeness (QED) is 0.712. The molecule has 154 valence electrons. The number of hydrogen-bond acceptors (Lipinski definition) is 4. The Kier molecular flexibility index (Phi) is 5.95. The summed E-state index contributed by atoms with van der Waals surface area (Å²) in [5.74, 6) is 0.561. The van der Waals surface area contributed by atoms with Gasteiger partial charge in [-0.1, -0.05) is 37.5 Å². The van der Waals surface area contributed by atoms with E-state index in [-0.39, 0.29) is 6.61 Å². The maximum absolute atomic E-state index is 15.2. The zero-order valence-electron chi connectivity index (χ0n) is 17.7. The van der Waals surface area contributed by atoms with Crippen LogP contribution in [-0.4, -0.2) is 35.6 Å². The van der Waals surface area contributed by atoms with Crippen LogP contribution in [0.1, 0.15) is 72.3 Å². The average molecular weight is 390 g/mol. The van der Waals surface area contributed by atoms with Gasteiger partial charge in [0.25, 0.3) is 0 Å². The first kappa shape index (κ1) is 21.3. The fourth-order valence-corrected chi connectivity index (χ4v) is 3.72. The first-order valence-electron chi connectivity index (χ1n) is 10.2. The van der Waals surface area contributed by atoms with Crippen LogP contribution < -0.4 is 4.74 Å². The average Bonchev–Trinajstić information content (AvgIpc) is 2.87. The Morgan fingerprint density at radius 1 is 1.07 bits per heavy atom. The van der Waals surface area contributed by atoms with Crippen molar-refractivity contribution in [1.82, 2.24) is 0 Å². The van der Waals surface area contributed by atoms with Gasteiger partial charge < -0.3 is 19.2 Å². The Hall–Kier alpha value is -1.37. The highest BCUT2D eigenvalue weighted by molar-refractivity contribution is 6.55. The Labute approximate surface area is 168 Å². The minimum Gasteiger partial charge on any atom is -0.490 e. The number of benzene rings is 1. The lowest BCUT2D eigenvalue weighted by Gasteiger charge is -2.32. The van der Waals surface area contributed by atoms with Gasteiger partial charge in [0.2, 0.25) is 0 Å². The van der Waals surface area contributed by atoms with Crippen LogP contribution in [0.5, 0.6) is 5.75 Å². The molecule has 28 heavy (non-hydrogen) atoms. The van der Waals surface area contributed by atoms with Crippen LogP contribution in [0.25, 0.3) is 5.57 Å². The molecule has 4 nitrogen and oxygen atoms in total. The molecular formula is C22H32BFO4. The summed E-state index contributed by atoms with van der Waals surface area (Å²) < 4.78 is 32.9. The molecule has 3 rings (SSSR count). The number of hydrogen-bond donors (Lipinski definition) is 1. The van der Waals surface area contributed by atoms with E-state index >= 15 is 4.39 Å². The maximum Gasteiger partial charge on any atom is 0.525 e. The van der Waals surface area contributed by atoms with E-state index in [1.165, 1.54) is 0 Å². The smallest absolute Gasteiger partial charge is 0.490 e. The van der Waals surface area contributed by atoms with Gasteiger partial charge in [-0.3, -0.25) is 0 Å². The van der Waals surface area contributed by atoms with Crippen molar-refractivity contribution in [3.05, 3.63) is 35.6 Å². The standard InChI is InChI=1S/C22H32BFO4/c1-16(19(24)23-27-20(2,3)21(4,5)28-23)17-11-7-8-12-18(17)26-15-22(25)13-9-6-10-14-22/h7-8,11-12,25H,6,9-10,13-15H2,1-5H3. The van der Waals surface area contributed by atoms with E-state index in [0.29, 0.717) is 16.9 Å². The molecule has 1 heterocycles. The SMILES string of the molecule is CC(=C(F)B1OC(C)(C)C(C)(C)O1)c1ccccc1OCC1(O)CCCCC1. The largest absolute Gasteiger partial charge is 0.525 e. The van der Waals surface area contributed by atoms with Crippen LogP contribution in [0.4, 0.5) is 4.39 Å². The Morgan fingerprint density at radius 2 is 1.64 bits per heavy atom. The third kappa shape index (κ3) is 4.29. The lowest BCUT2D eigenvalue weighted by atomic mass is 9.83. The molecule has 2 fully saturated rings. The predicted molar refractivity (Wildman–Crippen MR) is 110 cm³/mol. The van der Waals surface area contributed by atoms with Crippen LogP contribution in [0, 0.1) is 0 Å². The molecular weight excluding hydrogens is 358 g/mol. The molecule has 0 spiro atoms. The van der Waals surface area contributed by atoms with E-state index in [1.54, 1.807) is 6.92 Å². The molecule has 0 radical (unpaired) electrons. The maximum atomic E-state index is 15.2. The van der Waals surface area contributed by atoms with Gasteiger partial charge >= 0.3 is 7.12 Å².